The van der Waals surface area contributed by atoms with Crippen LogP contribution in [-0.4, -0.2) is 34.0 Å². The molecule has 0 bridgehead atoms. The number of aryl methyl sites for hydroxylation is 2. The topological polar surface area (TPSA) is 67.2 Å². The van der Waals surface area contributed by atoms with Crippen molar-refractivity contribution in [3.8, 4) is 0 Å². The van der Waals surface area contributed by atoms with E-state index in [9.17, 15) is 9.59 Å². The third-order valence-corrected chi connectivity index (χ3v) is 6.02. The number of carbonyl (C=O) groups excluding carboxylic acids is 2. The van der Waals surface area contributed by atoms with Gasteiger partial charge in [-0.25, -0.2) is 4.98 Å². The normalized spacial score (nSPS) is 11.1. The van der Waals surface area contributed by atoms with Gasteiger partial charge in [-0.1, -0.05) is 48.0 Å². The van der Waals surface area contributed by atoms with Crippen LogP contribution < -0.4 is 10.2 Å². The number of benzene rings is 3. The SMILES string of the molecule is Cc1ccc(C(=O)NCCCc2nc3ccccc3n2CC(=O)N(c2ccccc2)C(C)C)cc1. The molecule has 0 unspecified atom stereocenters. The first kappa shape index (κ1) is 24.2. The van der Waals surface area contributed by atoms with Gasteiger partial charge < -0.3 is 14.8 Å². The lowest BCUT2D eigenvalue weighted by Gasteiger charge is -2.27. The van der Waals surface area contributed by atoms with Crippen molar-refractivity contribution in [3.05, 3.63) is 95.8 Å². The Labute approximate surface area is 206 Å². The van der Waals surface area contributed by atoms with Gasteiger partial charge in [-0.15, -0.1) is 0 Å². The second-order valence-electron chi connectivity index (χ2n) is 9.02. The molecule has 3 aromatic carbocycles. The number of carbonyl (C=O) groups is 2. The number of hydrogen-bond acceptors (Lipinski definition) is 3. The molecule has 0 saturated heterocycles. The van der Waals surface area contributed by atoms with Crippen LogP contribution in [0.1, 0.15) is 42.0 Å². The van der Waals surface area contributed by atoms with Crippen LogP contribution in [0, 0.1) is 6.92 Å². The van der Waals surface area contributed by atoms with E-state index in [1.54, 1.807) is 0 Å². The summed E-state index contributed by atoms with van der Waals surface area (Å²) >= 11 is 0. The first-order valence-electron chi connectivity index (χ1n) is 12.1. The molecule has 1 N–H and O–H groups in total. The summed E-state index contributed by atoms with van der Waals surface area (Å²) in [4.78, 5) is 32.5. The van der Waals surface area contributed by atoms with Crippen LogP contribution in [0.2, 0.25) is 0 Å². The Balaban J connectivity index is 1.47. The lowest BCUT2D eigenvalue weighted by molar-refractivity contribution is -0.119. The van der Waals surface area contributed by atoms with Crippen LogP contribution in [0.3, 0.4) is 0 Å². The quantitative estimate of drug-likeness (QED) is 0.346. The minimum absolute atomic E-state index is 0.0169. The molecule has 6 nitrogen and oxygen atoms in total. The zero-order chi connectivity index (χ0) is 24.8. The van der Waals surface area contributed by atoms with Gasteiger partial charge in [-0.05, 0) is 63.6 Å². The summed E-state index contributed by atoms with van der Waals surface area (Å²) in [5, 5.41) is 2.99. The van der Waals surface area contributed by atoms with Crippen LogP contribution in [0.5, 0.6) is 0 Å². The fraction of sp³-hybridized carbons (Fsp3) is 0.276. The van der Waals surface area contributed by atoms with Crippen LogP contribution in [0.4, 0.5) is 5.69 Å². The first-order valence-corrected chi connectivity index (χ1v) is 12.1. The monoisotopic (exact) mass is 468 g/mol. The molecule has 0 aliphatic carbocycles. The number of rotatable bonds is 9. The van der Waals surface area contributed by atoms with Crippen molar-refractivity contribution < 1.29 is 9.59 Å². The third-order valence-electron chi connectivity index (χ3n) is 6.02. The molecule has 0 aliphatic rings. The average Bonchev–Trinajstić information content (AvgIpc) is 3.20. The summed E-state index contributed by atoms with van der Waals surface area (Å²) in [7, 11) is 0. The summed E-state index contributed by atoms with van der Waals surface area (Å²) < 4.78 is 2.01. The Hall–Kier alpha value is -3.93. The molecule has 6 heteroatoms. The van der Waals surface area contributed by atoms with E-state index in [2.05, 4.69) is 5.32 Å². The molecule has 0 spiro atoms. The van der Waals surface area contributed by atoms with Crippen molar-refractivity contribution in [1.82, 2.24) is 14.9 Å². The van der Waals surface area contributed by atoms with E-state index in [1.165, 1.54) is 0 Å². The molecule has 0 aliphatic heterocycles. The number of hydrogen-bond donors (Lipinski definition) is 1. The molecule has 1 heterocycles. The number of aromatic nitrogens is 2. The maximum Gasteiger partial charge on any atom is 0.251 e. The highest BCUT2D eigenvalue weighted by molar-refractivity contribution is 5.95. The third kappa shape index (κ3) is 5.77. The summed E-state index contributed by atoms with van der Waals surface area (Å²) in [5.41, 5.74) is 4.48. The molecule has 4 rings (SSSR count). The van der Waals surface area contributed by atoms with Crippen molar-refractivity contribution >= 4 is 28.5 Å². The summed E-state index contributed by atoms with van der Waals surface area (Å²) in [6.07, 6.45) is 1.38. The molecule has 0 radical (unpaired) electrons. The highest BCUT2D eigenvalue weighted by atomic mass is 16.2. The second-order valence-corrected chi connectivity index (χ2v) is 9.02. The van der Waals surface area contributed by atoms with Crippen molar-refractivity contribution in [3.63, 3.8) is 0 Å². The fourth-order valence-corrected chi connectivity index (χ4v) is 4.28. The summed E-state index contributed by atoms with van der Waals surface area (Å²) in [6, 6.07) is 25.2. The zero-order valence-electron chi connectivity index (χ0n) is 20.6. The lowest BCUT2D eigenvalue weighted by atomic mass is 10.1. The van der Waals surface area contributed by atoms with E-state index in [1.807, 2.05) is 109 Å². The number of fused-ring (bicyclic) bond motifs is 1. The number of para-hydroxylation sites is 3. The number of nitrogens with zero attached hydrogens (tertiary/aromatic N) is 3. The lowest BCUT2D eigenvalue weighted by Crippen LogP contribution is -2.39. The number of imidazole rings is 1. The molecule has 0 fully saturated rings. The number of amides is 2. The van der Waals surface area contributed by atoms with E-state index >= 15 is 0 Å². The smallest absolute Gasteiger partial charge is 0.251 e. The van der Waals surface area contributed by atoms with Crippen molar-refractivity contribution in [2.75, 3.05) is 11.4 Å². The number of anilines is 1. The van der Waals surface area contributed by atoms with Gasteiger partial charge in [0.2, 0.25) is 5.91 Å². The minimum Gasteiger partial charge on any atom is -0.352 e. The largest absolute Gasteiger partial charge is 0.352 e. The summed E-state index contributed by atoms with van der Waals surface area (Å²) in [5.74, 6) is 0.785. The van der Waals surface area contributed by atoms with E-state index in [0.29, 0.717) is 18.5 Å². The maximum absolute atomic E-state index is 13.5. The van der Waals surface area contributed by atoms with Crippen molar-refractivity contribution in [1.29, 1.82) is 0 Å². The molecule has 1 aromatic heterocycles. The fourth-order valence-electron chi connectivity index (χ4n) is 4.28. The molecule has 0 atom stereocenters. The minimum atomic E-state index is -0.0795. The molecular weight excluding hydrogens is 436 g/mol. The van der Waals surface area contributed by atoms with Gasteiger partial charge in [0.25, 0.3) is 5.91 Å². The molecule has 4 aromatic rings. The molecule has 0 saturated carbocycles. The van der Waals surface area contributed by atoms with Gasteiger partial charge in [0.05, 0.1) is 11.0 Å². The molecule has 2 amide bonds. The second kappa shape index (κ2) is 11.0. The van der Waals surface area contributed by atoms with Gasteiger partial charge in [0.15, 0.2) is 0 Å². The molecular formula is C29H32N4O2. The van der Waals surface area contributed by atoms with Crippen LogP contribution >= 0.6 is 0 Å². The molecule has 180 valence electrons. The van der Waals surface area contributed by atoms with Gasteiger partial charge in [0.1, 0.15) is 12.4 Å². The predicted molar refractivity (Wildman–Crippen MR) is 141 cm³/mol. The first-order chi connectivity index (χ1) is 16.9. The van der Waals surface area contributed by atoms with Crippen LogP contribution in [0.25, 0.3) is 11.0 Å². The Bertz CT molecular complexity index is 1290. The van der Waals surface area contributed by atoms with Crippen LogP contribution in [0.15, 0.2) is 78.9 Å². The van der Waals surface area contributed by atoms with Gasteiger partial charge >= 0.3 is 0 Å². The van der Waals surface area contributed by atoms with E-state index < -0.39 is 0 Å². The van der Waals surface area contributed by atoms with Crippen LogP contribution in [-0.2, 0) is 17.8 Å². The van der Waals surface area contributed by atoms with Crippen molar-refractivity contribution in [2.24, 2.45) is 0 Å². The standard InChI is InChI=1S/C29H32N4O2/c1-21(2)33(24-10-5-4-6-11-24)28(34)20-32-26-13-8-7-12-25(26)31-27(32)14-9-19-30-29(35)23-17-15-22(3)16-18-23/h4-8,10-13,15-18,21H,9,14,19-20H2,1-3H3,(H,30,35). The summed E-state index contributed by atoms with van der Waals surface area (Å²) in [6.45, 7) is 6.78. The average molecular weight is 469 g/mol. The van der Waals surface area contributed by atoms with Crippen molar-refractivity contribution in [2.45, 2.75) is 46.2 Å². The highest BCUT2D eigenvalue weighted by Crippen LogP contribution is 2.21. The Morgan fingerprint density at radius 1 is 0.943 bits per heavy atom. The van der Waals surface area contributed by atoms with E-state index in [-0.39, 0.29) is 24.4 Å². The van der Waals surface area contributed by atoms with E-state index in [4.69, 9.17) is 4.98 Å². The van der Waals surface area contributed by atoms with Gasteiger partial charge in [0, 0.05) is 30.3 Å². The predicted octanol–water partition coefficient (Wildman–Crippen LogP) is 5.15. The van der Waals surface area contributed by atoms with Gasteiger partial charge in [-0.2, -0.15) is 0 Å². The van der Waals surface area contributed by atoms with Gasteiger partial charge in [-0.3, -0.25) is 9.59 Å². The van der Waals surface area contributed by atoms with E-state index in [0.717, 1.165) is 34.5 Å². The zero-order valence-corrected chi connectivity index (χ0v) is 20.6. The Morgan fingerprint density at radius 2 is 1.63 bits per heavy atom. The highest BCUT2D eigenvalue weighted by Gasteiger charge is 2.21. The number of nitrogens with one attached hydrogen (secondary N) is 1. The Kier molecular flexibility index (Phi) is 7.60. The maximum atomic E-state index is 13.5. The molecule has 35 heavy (non-hydrogen) atoms. The Morgan fingerprint density at radius 3 is 2.34 bits per heavy atom.